The first-order valence-electron chi connectivity index (χ1n) is 10.6. The van der Waals surface area contributed by atoms with Crippen LogP contribution in [0.25, 0.3) is 0 Å². The van der Waals surface area contributed by atoms with Crippen LogP contribution in [-0.4, -0.2) is 23.3 Å². The standard InChI is InChI=1S/C22H29I4NO2/c1-2-3-4-5-6-7-8-9-10-11-12-13-14-27-21(28)15-16(22(27)29)18(24)20(26)19(25)17(15)23/h2-14H2,1H3. The van der Waals surface area contributed by atoms with Gasteiger partial charge in [0.2, 0.25) is 0 Å². The van der Waals surface area contributed by atoms with Crippen molar-refractivity contribution in [2.45, 2.75) is 84.0 Å². The van der Waals surface area contributed by atoms with Gasteiger partial charge in [-0.05, 0) is 96.8 Å². The maximum Gasteiger partial charge on any atom is 0.262 e. The third-order valence-corrected chi connectivity index (χ3v) is 12.8. The number of halogens is 4. The molecule has 2 rings (SSSR count). The number of fused-ring (bicyclic) bond motifs is 1. The molecule has 0 atom stereocenters. The number of hydrogen-bond donors (Lipinski definition) is 0. The zero-order chi connectivity index (χ0) is 21.4. The molecule has 162 valence electrons. The van der Waals surface area contributed by atoms with Crippen LogP contribution in [0.5, 0.6) is 0 Å². The summed E-state index contributed by atoms with van der Waals surface area (Å²) in [5.41, 5.74) is 1.23. The summed E-state index contributed by atoms with van der Waals surface area (Å²) < 4.78 is 3.97. The Hall–Kier alpha value is 1.28. The molecule has 1 heterocycles. The van der Waals surface area contributed by atoms with Gasteiger partial charge in [0.25, 0.3) is 11.8 Å². The fraction of sp³-hybridized carbons (Fsp3) is 0.636. The van der Waals surface area contributed by atoms with Crippen molar-refractivity contribution in [1.29, 1.82) is 0 Å². The number of carbonyl (C=O) groups excluding carboxylic acids is 2. The molecule has 0 unspecified atom stereocenters. The highest BCUT2D eigenvalue weighted by molar-refractivity contribution is 14.1. The SMILES string of the molecule is CCCCCCCCCCCCCCN1C(=O)c2c(I)c(I)c(I)c(I)c2C1=O. The lowest BCUT2D eigenvalue weighted by Gasteiger charge is -2.13. The molecular weight excluding hydrogens is 818 g/mol. The van der Waals surface area contributed by atoms with E-state index in [1.54, 1.807) is 0 Å². The number of benzene rings is 1. The van der Waals surface area contributed by atoms with Crippen molar-refractivity contribution in [1.82, 2.24) is 4.90 Å². The zero-order valence-corrected chi connectivity index (χ0v) is 25.6. The molecule has 0 aliphatic carbocycles. The van der Waals surface area contributed by atoms with Crippen LogP contribution in [0, 0.1) is 14.3 Å². The predicted molar refractivity (Wildman–Crippen MR) is 154 cm³/mol. The second-order valence-electron chi connectivity index (χ2n) is 7.66. The highest BCUT2D eigenvalue weighted by atomic mass is 127. The van der Waals surface area contributed by atoms with Gasteiger partial charge in [0, 0.05) is 20.8 Å². The second-order valence-corrected chi connectivity index (χ2v) is 12.0. The molecule has 1 aliphatic heterocycles. The second kappa shape index (κ2) is 13.7. The molecule has 0 N–H and O–H groups in total. The van der Waals surface area contributed by atoms with Crippen LogP contribution >= 0.6 is 90.4 Å². The average Bonchev–Trinajstić information content (AvgIpc) is 2.96. The van der Waals surface area contributed by atoms with E-state index in [0.29, 0.717) is 17.7 Å². The van der Waals surface area contributed by atoms with E-state index in [0.717, 1.165) is 27.1 Å². The quantitative estimate of drug-likeness (QED) is 0.0658. The summed E-state index contributed by atoms with van der Waals surface area (Å²) in [5, 5.41) is 0. The number of unbranched alkanes of at least 4 members (excludes halogenated alkanes) is 11. The fourth-order valence-corrected chi connectivity index (χ4v) is 7.36. The average molecular weight is 847 g/mol. The van der Waals surface area contributed by atoms with Gasteiger partial charge in [0.15, 0.2) is 0 Å². The van der Waals surface area contributed by atoms with Gasteiger partial charge in [-0.25, -0.2) is 0 Å². The molecule has 0 radical (unpaired) electrons. The van der Waals surface area contributed by atoms with E-state index in [1.165, 1.54) is 69.1 Å². The highest BCUT2D eigenvalue weighted by Gasteiger charge is 2.40. The van der Waals surface area contributed by atoms with Crippen LogP contribution in [0.2, 0.25) is 0 Å². The monoisotopic (exact) mass is 847 g/mol. The Morgan fingerprint density at radius 1 is 0.552 bits per heavy atom. The van der Waals surface area contributed by atoms with Gasteiger partial charge in [-0.3, -0.25) is 14.5 Å². The Morgan fingerprint density at radius 3 is 1.28 bits per heavy atom. The lowest BCUT2D eigenvalue weighted by atomic mass is 10.1. The number of carbonyl (C=O) groups is 2. The van der Waals surface area contributed by atoms with Crippen molar-refractivity contribution in [2.75, 3.05) is 6.54 Å². The number of imide groups is 1. The molecule has 0 fully saturated rings. The van der Waals surface area contributed by atoms with Gasteiger partial charge in [0.1, 0.15) is 0 Å². The van der Waals surface area contributed by atoms with E-state index in [4.69, 9.17) is 0 Å². The first-order chi connectivity index (χ1) is 13.9. The van der Waals surface area contributed by atoms with Gasteiger partial charge in [-0.15, -0.1) is 0 Å². The van der Waals surface area contributed by atoms with E-state index in [9.17, 15) is 9.59 Å². The molecule has 0 aromatic heterocycles. The number of rotatable bonds is 13. The summed E-state index contributed by atoms with van der Waals surface area (Å²) in [7, 11) is 0. The normalized spacial score (nSPS) is 13.5. The summed E-state index contributed by atoms with van der Waals surface area (Å²) in [4.78, 5) is 27.2. The van der Waals surface area contributed by atoms with Crippen molar-refractivity contribution < 1.29 is 9.59 Å². The third-order valence-electron chi connectivity index (χ3n) is 5.42. The topological polar surface area (TPSA) is 37.4 Å². The van der Waals surface area contributed by atoms with Gasteiger partial charge in [-0.2, -0.15) is 0 Å². The minimum absolute atomic E-state index is 0.107. The van der Waals surface area contributed by atoms with Gasteiger partial charge < -0.3 is 0 Å². The van der Waals surface area contributed by atoms with Crippen molar-refractivity contribution in [3.05, 3.63) is 25.4 Å². The van der Waals surface area contributed by atoms with Crippen LogP contribution in [-0.2, 0) is 0 Å². The first kappa shape index (κ1) is 26.5. The predicted octanol–water partition coefficient (Wildman–Crippen LogP) is 8.40. The number of nitrogens with zero attached hydrogens (tertiary/aromatic N) is 1. The third kappa shape index (κ3) is 7.13. The van der Waals surface area contributed by atoms with Crippen molar-refractivity contribution in [3.8, 4) is 0 Å². The summed E-state index contributed by atoms with van der Waals surface area (Å²) in [6.45, 7) is 2.81. The smallest absolute Gasteiger partial charge is 0.262 e. The van der Waals surface area contributed by atoms with Gasteiger partial charge in [-0.1, -0.05) is 77.6 Å². The van der Waals surface area contributed by atoms with Crippen LogP contribution in [0.15, 0.2) is 0 Å². The maximum absolute atomic E-state index is 12.9. The summed E-state index contributed by atoms with van der Waals surface area (Å²) in [6.07, 6.45) is 15.4. The number of amides is 2. The molecule has 0 bridgehead atoms. The van der Waals surface area contributed by atoms with E-state index in [2.05, 4.69) is 97.3 Å². The first-order valence-corrected chi connectivity index (χ1v) is 14.9. The largest absolute Gasteiger partial charge is 0.274 e. The van der Waals surface area contributed by atoms with Crippen molar-refractivity contribution in [3.63, 3.8) is 0 Å². The summed E-state index contributed by atoms with van der Waals surface area (Å²) in [5.74, 6) is -0.214. The Kier molecular flexibility index (Phi) is 12.6. The van der Waals surface area contributed by atoms with Crippen LogP contribution < -0.4 is 0 Å². The van der Waals surface area contributed by atoms with E-state index in [1.807, 2.05) is 0 Å². The van der Waals surface area contributed by atoms with Crippen LogP contribution in [0.4, 0.5) is 0 Å². The van der Waals surface area contributed by atoms with Crippen LogP contribution in [0.3, 0.4) is 0 Å². The number of hydrogen-bond acceptors (Lipinski definition) is 2. The molecular formula is C22H29I4NO2. The van der Waals surface area contributed by atoms with Gasteiger partial charge >= 0.3 is 0 Å². The summed E-state index contributed by atoms with van der Waals surface area (Å²) >= 11 is 8.96. The van der Waals surface area contributed by atoms with Crippen LogP contribution in [0.1, 0.15) is 105 Å². The Balaban J connectivity index is 1.69. The Bertz CT molecular complexity index is 689. The van der Waals surface area contributed by atoms with E-state index >= 15 is 0 Å². The fourth-order valence-electron chi connectivity index (χ4n) is 3.71. The van der Waals surface area contributed by atoms with E-state index in [-0.39, 0.29) is 11.8 Å². The lowest BCUT2D eigenvalue weighted by Crippen LogP contribution is -2.31. The minimum atomic E-state index is -0.107. The Labute approximate surface area is 229 Å². The molecule has 29 heavy (non-hydrogen) atoms. The molecule has 0 saturated carbocycles. The minimum Gasteiger partial charge on any atom is -0.274 e. The molecule has 1 aliphatic rings. The molecule has 2 amide bonds. The van der Waals surface area contributed by atoms with Crippen molar-refractivity contribution in [2.24, 2.45) is 0 Å². The molecule has 1 aromatic carbocycles. The molecule has 3 nitrogen and oxygen atoms in total. The molecule has 7 heteroatoms. The molecule has 0 spiro atoms. The maximum atomic E-state index is 12.9. The van der Waals surface area contributed by atoms with Gasteiger partial charge in [0.05, 0.1) is 11.1 Å². The molecule has 1 aromatic rings. The zero-order valence-electron chi connectivity index (χ0n) is 17.0. The lowest BCUT2D eigenvalue weighted by molar-refractivity contribution is 0.0651. The highest BCUT2D eigenvalue weighted by Crippen LogP contribution is 2.37. The molecule has 0 saturated heterocycles. The van der Waals surface area contributed by atoms with E-state index < -0.39 is 0 Å². The summed E-state index contributed by atoms with van der Waals surface area (Å²) in [6, 6.07) is 0. The van der Waals surface area contributed by atoms with Crippen molar-refractivity contribution >= 4 is 102 Å². The Morgan fingerprint density at radius 2 is 0.897 bits per heavy atom.